The standard InChI is InChI=1S/C16H14F2N2O2S/c17-10-1-2-12(13(18)7-10)16(4-5-16)9-19-14(21)15(22)20-11-3-6-23-8-11/h1-3,6-8H,4-5,9H2,(H,19,21)(H,20,22). The van der Waals surface area contributed by atoms with Crippen LogP contribution in [0.5, 0.6) is 0 Å². The lowest BCUT2D eigenvalue weighted by Crippen LogP contribution is -2.39. The minimum absolute atomic E-state index is 0.144. The number of hydrogen-bond donors (Lipinski definition) is 2. The predicted octanol–water partition coefficient (Wildman–Crippen LogP) is 2.81. The third kappa shape index (κ3) is 3.39. The van der Waals surface area contributed by atoms with Crippen molar-refractivity contribution >= 4 is 28.8 Å². The van der Waals surface area contributed by atoms with Crippen LogP contribution in [-0.2, 0) is 15.0 Å². The average molecular weight is 336 g/mol. The quantitative estimate of drug-likeness (QED) is 0.844. The molecule has 2 amide bonds. The molecule has 1 fully saturated rings. The first-order valence-electron chi connectivity index (χ1n) is 7.07. The predicted molar refractivity (Wildman–Crippen MR) is 83.2 cm³/mol. The van der Waals surface area contributed by atoms with E-state index in [-0.39, 0.29) is 6.54 Å². The Balaban J connectivity index is 1.61. The van der Waals surface area contributed by atoms with Crippen molar-refractivity contribution in [1.82, 2.24) is 5.32 Å². The Morgan fingerprint density at radius 2 is 1.96 bits per heavy atom. The summed E-state index contributed by atoms with van der Waals surface area (Å²) in [5, 5.41) is 8.49. The summed E-state index contributed by atoms with van der Waals surface area (Å²) in [4.78, 5) is 23.6. The third-order valence-electron chi connectivity index (χ3n) is 3.93. The third-order valence-corrected chi connectivity index (χ3v) is 4.61. The maximum absolute atomic E-state index is 13.9. The zero-order valence-electron chi connectivity index (χ0n) is 12.1. The van der Waals surface area contributed by atoms with Gasteiger partial charge in [-0.3, -0.25) is 9.59 Å². The van der Waals surface area contributed by atoms with Crippen LogP contribution in [0.3, 0.4) is 0 Å². The fourth-order valence-electron chi connectivity index (χ4n) is 2.46. The number of carbonyl (C=O) groups is 2. The Morgan fingerprint density at radius 1 is 1.17 bits per heavy atom. The summed E-state index contributed by atoms with van der Waals surface area (Å²) >= 11 is 1.40. The van der Waals surface area contributed by atoms with E-state index in [1.807, 2.05) is 0 Å². The lowest BCUT2D eigenvalue weighted by Gasteiger charge is -2.17. The van der Waals surface area contributed by atoms with Crippen LogP contribution >= 0.6 is 11.3 Å². The molecule has 1 aromatic heterocycles. The van der Waals surface area contributed by atoms with E-state index >= 15 is 0 Å². The van der Waals surface area contributed by atoms with Gasteiger partial charge >= 0.3 is 11.8 Å². The highest BCUT2D eigenvalue weighted by Gasteiger charge is 2.46. The van der Waals surface area contributed by atoms with E-state index in [9.17, 15) is 18.4 Å². The number of thiophene rings is 1. The van der Waals surface area contributed by atoms with Crippen LogP contribution in [0, 0.1) is 11.6 Å². The highest BCUT2D eigenvalue weighted by atomic mass is 32.1. The lowest BCUT2D eigenvalue weighted by molar-refractivity contribution is -0.136. The van der Waals surface area contributed by atoms with Gasteiger partial charge < -0.3 is 10.6 Å². The topological polar surface area (TPSA) is 58.2 Å². The molecule has 0 spiro atoms. The molecule has 1 aliphatic carbocycles. The summed E-state index contributed by atoms with van der Waals surface area (Å²) < 4.78 is 26.9. The first-order valence-corrected chi connectivity index (χ1v) is 8.01. The highest BCUT2D eigenvalue weighted by Crippen LogP contribution is 2.48. The first-order chi connectivity index (χ1) is 11.0. The number of rotatable bonds is 4. The van der Waals surface area contributed by atoms with E-state index in [0.717, 1.165) is 6.07 Å². The van der Waals surface area contributed by atoms with Gasteiger partial charge in [0.25, 0.3) is 0 Å². The minimum Gasteiger partial charge on any atom is -0.347 e. The lowest BCUT2D eigenvalue weighted by atomic mass is 9.95. The highest BCUT2D eigenvalue weighted by molar-refractivity contribution is 7.08. The molecule has 1 aliphatic rings. The Kier molecular flexibility index (Phi) is 4.12. The van der Waals surface area contributed by atoms with E-state index in [1.165, 1.54) is 23.5 Å². The van der Waals surface area contributed by atoms with Crippen LogP contribution in [0.15, 0.2) is 35.0 Å². The van der Waals surface area contributed by atoms with Crippen molar-refractivity contribution in [3.8, 4) is 0 Å². The Labute approximate surface area is 135 Å². The molecule has 23 heavy (non-hydrogen) atoms. The fraction of sp³-hybridized carbons (Fsp3) is 0.250. The first kappa shape index (κ1) is 15.6. The van der Waals surface area contributed by atoms with Crippen molar-refractivity contribution in [2.75, 3.05) is 11.9 Å². The van der Waals surface area contributed by atoms with Gasteiger partial charge in [-0.1, -0.05) is 6.07 Å². The molecular formula is C16H14F2N2O2S. The van der Waals surface area contributed by atoms with Gasteiger partial charge in [0.2, 0.25) is 0 Å². The van der Waals surface area contributed by atoms with E-state index in [0.29, 0.717) is 24.1 Å². The van der Waals surface area contributed by atoms with Crippen molar-refractivity contribution in [3.63, 3.8) is 0 Å². The Bertz CT molecular complexity index is 743. The number of carbonyl (C=O) groups excluding carboxylic acids is 2. The van der Waals surface area contributed by atoms with Crippen molar-refractivity contribution < 1.29 is 18.4 Å². The number of hydrogen-bond acceptors (Lipinski definition) is 3. The molecule has 0 unspecified atom stereocenters. The molecule has 2 aromatic rings. The molecule has 0 aliphatic heterocycles. The molecule has 120 valence electrons. The SMILES string of the molecule is O=C(NCC1(c2ccc(F)cc2F)CC1)C(=O)Nc1ccsc1. The molecular weight excluding hydrogens is 322 g/mol. The van der Waals surface area contributed by atoms with Gasteiger partial charge in [0.15, 0.2) is 0 Å². The largest absolute Gasteiger partial charge is 0.347 e. The second kappa shape index (κ2) is 6.08. The maximum Gasteiger partial charge on any atom is 0.313 e. The molecule has 0 radical (unpaired) electrons. The molecule has 0 bridgehead atoms. The van der Waals surface area contributed by atoms with Crippen molar-refractivity contribution in [2.24, 2.45) is 0 Å². The van der Waals surface area contributed by atoms with Crippen LogP contribution in [0.2, 0.25) is 0 Å². The van der Waals surface area contributed by atoms with Gasteiger partial charge in [-0.05, 0) is 35.9 Å². The van der Waals surface area contributed by atoms with Crippen LogP contribution in [0.25, 0.3) is 0 Å². The molecule has 1 heterocycles. The van der Waals surface area contributed by atoms with Gasteiger partial charge in [0.05, 0.1) is 5.69 Å². The van der Waals surface area contributed by atoms with Gasteiger partial charge in [-0.2, -0.15) is 11.3 Å². The summed E-state index contributed by atoms with van der Waals surface area (Å²) in [6.07, 6.45) is 1.37. The molecule has 1 aromatic carbocycles. The normalized spacial score (nSPS) is 15.0. The Hall–Kier alpha value is -2.28. The van der Waals surface area contributed by atoms with Crippen LogP contribution in [0.4, 0.5) is 14.5 Å². The van der Waals surface area contributed by atoms with Crippen LogP contribution in [-0.4, -0.2) is 18.4 Å². The minimum atomic E-state index is -0.773. The van der Waals surface area contributed by atoms with E-state index < -0.39 is 28.9 Å². The summed E-state index contributed by atoms with van der Waals surface area (Å²) in [7, 11) is 0. The maximum atomic E-state index is 13.9. The molecule has 0 atom stereocenters. The molecule has 2 N–H and O–H groups in total. The van der Waals surface area contributed by atoms with Crippen molar-refractivity contribution in [1.29, 1.82) is 0 Å². The smallest absolute Gasteiger partial charge is 0.313 e. The van der Waals surface area contributed by atoms with Crippen LogP contribution < -0.4 is 10.6 Å². The molecule has 3 rings (SSSR count). The Morgan fingerprint density at radius 3 is 2.57 bits per heavy atom. The molecule has 7 heteroatoms. The van der Waals surface area contributed by atoms with Gasteiger partial charge in [-0.15, -0.1) is 0 Å². The van der Waals surface area contributed by atoms with Gasteiger partial charge in [0, 0.05) is 23.4 Å². The van der Waals surface area contributed by atoms with Gasteiger partial charge in [0.1, 0.15) is 11.6 Å². The van der Waals surface area contributed by atoms with E-state index in [1.54, 1.807) is 16.8 Å². The van der Waals surface area contributed by atoms with Crippen molar-refractivity contribution in [2.45, 2.75) is 18.3 Å². The summed E-state index contributed by atoms with van der Waals surface area (Å²) in [5.74, 6) is -2.80. The van der Waals surface area contributed by atoms with Gasteiger partial charge in [-0.25, -0.2) is 8.78 Å². The number of benzene rings is 1. The van der Waals surface area contributed by atoms with Crippen molar-refractivity contribution in [3.05, 3.63) is 52.2 Å². The average Bonchev–Trinajstić information content (AvgIpc) is 3.12. The number of anilines is 1. The number of halogens is 2. The number of nitrogens with one attached hydrogen (secondary N) is 2. The second-order valence-corrected chi connectivity index (χ2v) is 6.33. The summed E-state index contributed by atoms with van der Waals surface area (Å²) in [6.45, 7) is 0.144. The second-order valence-electron chi connectivity index (χ2n) is 5.55. The molecule has 1 saturated carbocycles. The fourth-order valence-corrected chi connectivity index (χ4v) is 3.05. The zero-order valence-corrected chi connectivity index (χ0v) is 12.9. The zero-order chi connectivity index (χ0) is 16.4. The molecule has 0 saturated heterocycles. The van der Waals surface area contributed by atoms with Crippen LogP contribution in [0.1, 0.15) is 18.4 Å². The van der Waals surface area contributed by atoms with E-state index in [4.69, 9.17) is 0 Å². The number of amides is 2. The summed E-state index contributed by atoms with van der Waals surface area (Å²) in [5.41, 5.74) is 0.383. The van der Waals surface area contributed by atoms with E-state index in [2.05, 4.69) is 10.6 Å². The summed E-state index contributed by atoms with van der Waals surface area (Å²) in [6, 6.07) is 5.12. The molecule has 4 nitrogen and oxygen atoms in total. The monoisotopic (exact) mass is 336 g/mol.